The fourth-order valence-corrected chi connectivity index (χ4v) is 2.33. The minimum absolute atomic E-state index is 0.000218. The van der Waals surface area contributed by atoms with Gasteiger partial charge in [0.1, 0.15) is 0 Å². The Hall–Kier alpha value is -2.80. The third-order valence-electron chi connectivity index (χ3n) is 3.61. The van der Waals surface area contributed by atoms with E-state index in [0.29, 0.717) is 11.3 Å². The highest BCUT2D eigenvalue weighted by Gasteiger charge is 2.12. The summed E-state index contributed by atoms with van der Waals surface area (Å²) < 4.78 is 0. The van der Waals surface area contributed by atoms with Crippen LogP contribution in [-0.4, -0.2) is 18.5 Å². The van der Waals surface area contributed by atoms with Gasteiger partial charge in [-0.3, -0.25) is 10.1 Å². The fraction of sp³-hybridized carbons (Fsp3) is 0.368. The van der Waals surface area contributed by atoms with Crippen molar-refractivity contribution in [1.82, 2.24) is 0 Å². The van der Waals surface area contributed by atoms with Crippen molar-refractivity contribution in [1.29, 1.82) is 0 Å². The molecule has 2 aromatic rings. The van der Waals surface area contributed by atoms with Crippen LogP contribution < -0.4 is 10.6 Å². The van der Waals surface area contributed by atoms with Crippen LogP contribution >= 0.6 is 0 Å². The maximum atomic E-state index is 10.9. The van der Waals surface area contributed by atoms with Gasteiger partial charge < -0.3 is 10.6 Å². The molecule has 0 heterocycles. The molecule has 2 aromatic carbocycles. The number of nitro groups is 1. The molecular formula is C19H27N5O2. The Balaban J connectivity index is 0.00000163. The average Bonchev–Trinajstić information content (AvgIpc) is 2.68. The quantitative estimate of drug-likeness (QED) is 0.411. The molecule has 140 valence electrons. The Labute approximate surface area is 154 Å². The third-order valence-corrected chi connectivity index (χ3v) is 3.61. The van der Waals surface area contributed by atoms with E-state index in [1.807, 2.05) is 45.2 Å². The number of benzene rings is 2. The molecule has 0 aliphatic rings. The molecule has 7 heteroatoms. The second-order valence-electron chi connectivity index (χ2n) is 5.41. The number of hydrogen-bond acceptors (Lipinski definition) is 6. The first-order chi connectivity index (χ1) is 12.5. The van der Waals surface area contributed by atoms with Crippen LogP contribution in [0.2, 0.25) is 0 Å². The highest BCUT2D eigenvalue weighted by atomic mass is 16.6. The van der Waals surface area contributed by atoms with Crippen molar-refractivity contribution in [2.45, 2.75) is 33.7 Å². The summed E-state index contributed by atoms with van der Waals surface area (Å²) in [7, 11) is 2.05. The number of nitrogens with zero attached hydrogens (tertiary/aromatic N) is 4. The van der Waals surface area contributed by atoms with Gasteiger partial charge in [0.2, 0.25) is 0 Å². The molecule has 0 saturated carbocycles. The molecule has 0 amide bonds. The lowest BCUT2D eigenvalue weighted by atomic mass is 10.1. The molecule has 2 N–H and O–H groups in total. The normalized spacial score (nSPS) is 10.3. The van der Waals surface area contributed by atoms with Gasteiger partial charge >= 0.3 is 0 Å². The van der Waals surface area contributed by atoms with Gasteiger partial charge in [0.05, 0.1) is 16.3 Å². The van der Waals surface area contributed by atoms with Crippen molar-refractivity contribution in [3.05, 3.63) is 58.1 Å². The lowest BCUT2D eigenvalue weighted by Gasteiger charge is -2.17. The summed E-state index contributed by atoms with van der Waals surface area (Å²) in [4.78, 5) is 12.6. The minimum atomic E-state index is -0.450. The molecule has 7 nitrogen and oxygen atoms in total. The summed E-state index contributed by atoms with van der Waals surface area (Å²) in [6.45, 7) is 7.21. The summed E-state index contributed by atoms with van der Waals surface area (Å²) in [5.41, 5.74) is 8.37. The average molecular weight is 357 g/mol. The number of azo groups is 1. The first-order valence-electron chi connectivity index (χ1n) is 8.75. The zero-order valence-electron chi connectivity index (χ0n) is 15.8. The van der Waals surface area contributed by atoms with Crippen LogP contribution in [0.5, 0.6) is 0 Å². The van der Waals surface area contributed by atoms with Crippen LogP contribution in [0.15, 0.2) is 52.7 Å². The number of nitrogens with two attached hydrogens (primary N) is 1. The second kappa shape index (κ2) is 10.9. The van der Waals surface area contributed by atoms with E-state index >= 15 is 0 Å². The molecule has 0 bridgehead atoms. The Morgan fingerprint density at radius 2 is 1.65 bits per heavy atom. The van der Waals surface area contributed by atoms with Crippen LogP contribution in [0.1, 0.15) is 32.8 Å². The van der Waals surface area contributed by atoms with E-state index in [4.69, 9.17) is 5.73 Å². The van der Waals surface area contributed by atoms with Crippen LogP contribution in [0.3, 0.4) is 0 Å². The summed E-state index contributed by atoms with van der Waals surface area (Å²) in [6, 6.07) is 12.3. The highest BCUT2D eigenvalue weighted by Crippen LogP contribution is 2.26. The minimum Gasteiger partial charge on any atom is -0.375 e. The molecule has 0 fully saturated rings. The Morgan fingerprint density at radius 1 is 1.08 bits per heavy atom. The van der Waals surface area contributed by atoms with E-state index < -0.39 is 4.92 Å². The lowest BCUT2D eigenvalue weighted by Crippen LogP contribution is -2.17. The summed E-state index contributed by atoms with van der Waals surface area (Å²) >= 11 is 0. The van der Waals surface area contributed by atoms with Crippen molar-refractivity contribution >= 4 is 22.7 Å². The molecule has 0 aromatic heterocycles. The Kier molecular flexibility index (Phi) is 8.94. The van der Waals surface area contributed by atoms with Crippen molar-refractivity contribution in [2.75, 3.05) is 18.5 Å². The molecular weight excluding hydrogens is 330 g/mol. The number of hydrogen-bond donors (Lipinski definition) is 1. The molecule has 0 spiro atoms. The SMILES string of the molecule is CC.CCCN(C)c1ccc(N=Nc2ccc([N+](=O)[O-])c(CN)c2)cc1. The molecule has 26 heavy (non-hydrogen) atoms. The number of nitro benzene ring substituents is 1. The monoisotopic (exact) mass is 357 g/mol. The zero-order valence-corrected chi connectivity index (χ0v) is 15.8. The van der Waals surface area contributed by atoms with Crippen molar-refractivity contribution < 1.29 is 4.92 Å². The van der Waals surface area contributed by atoms with Crippen LogP contribution in [0.25, 0.3) is 0 Å². The molecule has 0 radical (unpaired) electrons. The summed E-state index contributed by atoms with van der Waals surface area (Å²) in [6.07, 6.45) is 1.08. The predicted octanol–water partition coefficient (Wildman–Crippen LogP) is 5.34. The van der Waals surface area contributed by atoms with Crippen LogP contribution in [0, 0.1) is 10.1 Å². The van der Waals surface area contributed by atoms with Crippen molar-refractivity contribution in [3.63, 3.8) is 0 Å². The maximum absolute atomic E-state index is 10.9. The van der Waals surface area contributed by atoms with Crippen LogP contribution in [0.4, 0.5) is 22.7 Å². The maximum Gasteiger partial charge on any atom is 0.274 e. The van der Waals surface area contributed by atoms with Gasteiger partial charge in [-0.2, -0.15) is 10.2 Å². The first kappa shape index (κ1) is 21.2. The molecule has 2 rings (SSSR count). The van der Waals surface area contributed by atoms with E-state index in [1.165, 1.54) is 6.07 Å². The molecule has 0 atom stereocenters. The van der Waals surface area contributed by atoms with E-state index in [2.05, 4.69) is 22.1 Å². The van der Waals surface area contributed by atoms with Gasteiger partial charge in [-0.15, -0.1) is 0 Å². The summed E-state index contributed by atoms with van der Waals surface area (Å²) in [5, 5.41) is 19.2. The molecule has 0 unspecified atom stereocenters. The Morgan fingerprint density at radius 3 is 2.19 bits per heavy atom. The van der Waals surface area contributed by atoms with Crippen molar-refractivity contribution in [3.8, 4) is 0 Å². The van der Waals surface area contributed by atoms with Crippen molar-refractivity contribution in [2.24, 2.45) is 16.0 Å². The Bertz CT molecular complexity index is 729. The van der Waals surface area contributed by atoms with E-state index in [-0.39, 0.29) is 12.2 Å². The predicted molar refractivity (Wildman–Crippen MR) is 107 cm³/mol. The largest absolute Gasteiger partial charge is 0.375 e. The lowest BCUT2D eigenvalue weighted by molar-refractivity contribution is -0.385. The second-order valence-corrected chi connectivity index (χ2v) is 5.41. The number of rotatable bonds is 7. The van der Waals surface area contributed by atoms with Gasteiger partial charge in [0.15, 0.2) is 0 Å². The van der Waals surface area contributed by atoms with Gasteiger partial charge in [-0.05, 0) is 42.8 Å². The first-order valence-corrected chi connectivity index (χ1v) is 8.75. The van der Waals surface area contributed by atoms with Gasteiger partial charge in [0, 0.05) is 37.5 Å². The summed E-state index contributed by atoms with van der Waals surface area (Å²) in [5.74, 6) is 0. The van der Waals surface area contributed by atoms with E-state index in [9.17, 15) is 10.1 Å². The molecule has 0 aliphatic heterocycles. The smallest absolute Gasteiger partial charge is 0.274 e. The van der Waals surface area contributed by atoms with Gasteiger partial charge in [-0.1, -0.05) is 20.8 Å². The van der Waals surface area contributed by atoms with Gasteiger partial charge in [-0.25, -0.2) is 0 Å². The fourth-order valence-electron chi connectivity index (χ4n) is 2.33. The van der Waals surface area contributed by atoms with Gasteiger partial charge in [0.25, 0.3) is 5.69 Å². The number of anilines is 1. The molecule has 0 aliphatic carbocycles. The standard InChI is InChI=1S/C17H21N5O2.C2H6/c1-3-10-21(2)16-7-4-14(5-8-16)19-20-15-6-9-17(22(23)24)13(11-15)12-18;1-2/h4-9,11H,3,10,12,18H2,1-2H3;1-2H3. The topological polar surface area (TPSA) is 97.1 Å². The molecule has 0 saturated heterocycles. The van der Waals surface area contributed by atoms with E-state index in [0.717, 1.165) is 24.3 Å². The zero-order chi connectivity index (χ0) is 19.5. The third kappa shape index (κ3) is 5.93. The van der Waals surface area contributed by atoms with Crippen LogP contribution in [-0.2, 0) is 6.54 Å². The van der Waals surface area contributed by atoms with E-state index in [1.54, 1.807) is 12.1 Å². The highest BCUT2D eigenvalue weighted by molar-refractivity contribution is 5.53.